The molecule has 0 aromatic heterocycles. The maximum atomic E-state index is 12.6. The summed E-state index contributed by atoms with van der Waals surface area (Å²) in [5.41, 5.74) is 1.79. The molecule has 0 fully saturated rings. The molecule has 1 amide bonds. The Balaban J connectivity index is 1.70. The Morgan fingerprint density at radius 3 is 2.86 bits per heavy atom. The molecule has 2 aromatic carbocycles. The maximum absolute atomic E-state index is 12.6. The van der Waals surface area contributed by atoms with Gasteiger partial charge in [0.25, 0.3) is 5.91 Å². The van der Waals surface area contributed by atoms with Crippen molar-refractivity contribution in [3.8, 4) is 11.5 Å². The third kappa shape index (κ3) is 4.80. The Bertz CT molecular complexity index is 851. The lowest BCUT2D eigenvalue weighted by Gasteiger charge is -2.16. The number of benzene rings is 2. The normalized spacial score (nSPS) is 13.3. The van der Waals surface area contributed by atoms with Crippen molar-refractivity contribution in [2.24, 2.45) is 0 Å². The molecular weight excluding hydrogens is 362 g/mol. The van der Waals surface area contributed by atoms with Crippen LogP contribution in [0.5, 0.6) is 11.5 Å². The molecule has 7 nitrogen and oxygen atoms in total. The molecule has 1 heterocycles. The van der Waals surface area contributed by atoms with Gasteiger partial charge in [-0.1, -0.05) is 12.1 Å². The molecule has 1 unspecified atom stereocenters. The first kappa shape index (κ1) is 19.7. The first-order chi connectivity index (χ1) is 13.6. The van der Waals surface area contributed by atoms with E-state index in [1.807, 2.05) is 0 Å². The van der Waals surface area contributed by atoms with E-state index < -0.39 is 17.9 Å². The van der Waals surface area contributed by atoms with E-state index in [0.717, 1.165) is 24.2 Å². The summed E-state index contributed by atoms with van der Waals surface area (Å²) in [5, 5.41) is 12.2. The maximum Gasteiger partial charge on any atom is 0.330 e. The van der Waals surface area contributed by atoms with Crippen LogP contribution in [0.4, 0.5) is 0 Å². The number of methoxy groups -OCH3 is 1. The SMILES string of the molecule is COCCCOc1cccc(C(=O)NC(C(=O)O)c2ccc3c(c2)CCO3)c1. The minimum absolute atomic E-state index is 0.333. The van der Waals surface area contributed by atoms with Gasteiger partial charge in [-0.05, 0) is 41.5 Å². The van der Waals surface area contributed by atoms with E-state index in [2.05, 4.69) is 5.32 Å². The summed E-state index contributed by atoms with van der Waals surface area (Å²) in [6.45, 7) is 1.64. The van der Waals surface area contributed by atoms with Crippen LogP contribution >= 0.6 is 0 Å². The average molecular weight is 385 g/mol. The van der Waals surface area contributed by atoms with E-state index in [4.69, 9.17) is 14.2 Å². The van der Waals surface area contributed by atoms with Gasteiger partial charge in [-0.15, -0.1) is 0 Å². The highest BCUT2D eigenvalue weighted by atomic mass is 16.5. The van der Waals surface area contributed by atoms with Crippen LogP contribution in [-0.4, -0.2) is 43.9 Å². The van der Waals surface area contributed by atoms with Crippen molar-refractivity contribution in [1.29, 1.82) is 0 Å². The highest BCUT2D eigenvalue weighted by Gasteiger charge is 2.25. The molecule has 0 aliphatic carbocycles. The van der Waals surface area contributed by atoms with E-state index >= 15 is 0 Å². The number of fused-ring (bicyclic) bond motifs is 1. The Morgan fingerprint density at radius 1 is 1.21 bits per heavy atom. The number of amides is 1. The van der Waals surface area contributed by atoms with Gasteiger partial charge in [0.15, 0.2) is 6.04 Å². The number of nitrogens with one attached hydrogen (secondary N) is 1. The fraction of sp³-hybridized carbons (Fsp3) is 0.333. The van der Waals surface area contributed by atoms with Crippen LogP contribution in [-0.2, 0) is 16.0 Å². The molecule has 0 radical (unpaired) electrons. The smallest absolute Gasteiger partial charge is 0.330 e. The summed E-state index contributed by atoms with van der Waals surface area (Å²) in [6, 6.07) is 10.7. The lowest BCUT2D eigenvalue weighted by Crippen LogP contribution is -2.33. The second-order valence-electron chi connectivity index (χ2n) is 6.43. The monoisotopic (exact) mass is 385 g/mol. The standard InChI is InChI=1S/C21H23NO6/c1-26-9-3-10-27-17-5-2-4-16(13-17)20(23)22-19(21(24)25)15-6-7-18-14(12-15)8-11-28-18/h2,4-7,12-13,19H,3,8-11H2,1H3,(H,22,23)(H,24,25). The highest BCUT2D eigenvalue weighted by Crippen LogP contribution is 2.28. The molecule has 1 aliphatic rings. The topological polar surface area (TPSA) is 94.1 Å². The van der Waals surface area contributed by atoms with Crippen LogP contribution in [0.1, 0.15) is 33.9 Å². The van der Waals surface area contributed by atoms with Gasteiger partial charge in [-0.3, -0.25) is 4.79 Å². The quantitative estimate of drug-likeness (QED) is 0.645. The summed E-state index contributed by atoms with van der Waals surface area (Å²) in [7, 11) is 1.62. The Kier molecular flexibility index (Phi) is 6.49. The van der Waals surface area contributed by atoms with E-state index in [1.54, 1.807) is 49.6 Å². The minimum atomic E-state index is -1.15. The number of hydrogen-bond donors (Lipinski definition) is 2. The zero-order valence-corrected chi connectivity index (χ0v) is 15.6. The van der Waals surface area contributed by atoms with Crippen LogP contribution in [0.15, 0.2) is 42.5 Å². The molecule has 7 heteroatoms. The van der Waals surface area contributed by atoms with Crippen molar-refractivity contribution in [3.05, 3.63) is 59.2 Å². The number of ether oxygens (including phenoxy) is 3. The fourth-order valence-electron chi connectivity index (χ4n) is 3.01. The molecule has 0 bridgehead atoms. The van der Waals surface area contributed by atoms with Gasteiger partial charge in [-0.2, -0.15) is 0 Å². The number of carbonyl (C=O) groups is 2. The Labute approximate surface area is 163 Å². The second kappa shape index (κ2) is 9.23. The molecule has 1 atom stereocenters. The van der Waals surface area contributed by atoms with Crippen LogP contribution in [0.2, 0.25) is 0 Å². The van der Waals surface area contributed by atoms with Crippen molar-refractivity contribution in [2.45, 2.75) is 18.9 Å². The van der Waals surface area contributed by atoms with Gasteiger partial charge in [0.2, 0.25) is 0 Å². The predicted molar refractivity (Wildman–Crippen MR) is 102 cm³/mol. The van der Waals surface area contributed by atoms with Gasteiger partial charge in [0.05, 0.1) is 13.2 Å². The summed E-state index contributed by atoms with van der Waals surface area (Å²) < 4.78 is 16.0. The van der Waals surface area contributed by atoms with E-state index in [9.17, 15) is 14.7 Å². The first-order valence-electron chi connectivity index (χ1n) is 9.09. The predicted octanol–water partition coefficient (Wildman–Crippen LogP) is 2.59. The molecule has 0 saturated heterocycles. The van der Waals surface area contributed by atoms with E-state index in [-0.39, 0.29) is 0 Å². The van der Waals surface area contributed by atoms with Crippen LogP contribution in [0.25, 0.3) is 0 Å². The van der Waals surface area contributed by atoms with Crippen molar-refractivity contribution in [3.63, 3.8) is 0 Å². The van der Waals surface area contributed by atoms with Crippen LogP contribution in [0, 0.1) is 0 Å². The third-order valence-electron chi connectivity index (χ3n) is 4.43. The molecule has 2 N–H and O–H groups in total. The molecule has 3 rings (SSSR count). The molecule has 2 aromatic rings. The Hall–Kier alpha value is -3.06. The number of aliphatic carboxylic acids is 1. The van der Waals surface area contributed by atoms with Gasteiger partial charge in [0, 0.05) is 32.1 Å². The zero-order valence-electron chi connectivity index (χ0n) is 15.6. The third-order valence-corrected chi connectivity index (χ3v) is 4.43. The average Bonchev–Trinajstić information content (AvgIpc) is 3.17. The molecule has 28 heavy (non-hydrogen) atoms. The number of carboxylic acids is 1. The molecular formula is C21H23NO6. The fourth-order valence-corrected chi connectivity index (χ4v) is 3.01. The number of rotatable bonds is 9. The van der Waals surface area contributed by atoms with Crippen LogP contribution in [0.3, 0.4) is 0 Å². The Morgan fingerprint density at radius 2 is 2.07 bits per heavy atom. The summed E-state index contributed by atoms with van der Waals surface area (Å²) >= 11 is 0. The van der Waals surface area contributed by atoms with Crippen LogP contribution < -0.4 is 14.8 Å². The number of carboxylic acid groups (broad SMARTS) is 1. The second-order valence-corrected chi connectivity index (χ2v) is 6.43. The van der Waals surface area contributed by atoms with E-state index in [1.165, 1.54) is 0 Å². The summed E-state index contributed by atoms with van der Waals surface area (Å²) in [6.07, 6.45) is 1.46. The number of hydrogen-bond acceptors (Lipinski definition) is 5. The number of carbonyl (C=O) groups excluding carboxylic acids is 1. The van der Waals surface area contributed by atoms with Crippen molar-refractivity contribution >= 4 is 11.9 Å². The zero-order chi connectivity index (χ0) is 19.9. The van der Waals surface area contributed by atoms with Crippen molar-refractivity contribution < 1.29 is 28.9 Å². The van der Waals surface area contributed by atoms with E-state index in [0.29, 0.717) is 36.7 Å². The molecule has 0 spiro atoms. The molecule has 148 valence electrons. The molecule has 1 aliphatic heterocycles. The largest absolute Gasteiger partial charge is 0.493 e. The van der Waals surface area contributed by atoms with Gasteiger partial charge in [-0.25, -0.2) is 4.79 Å². The first-order valence-corrected chi connectivity index (χ1v) is 9.09. The lowest BCUT2D eigenvalue weighted by molar-refractivity contribution is -0.139. The van der Waals surface area contributed by atoms with Gasteiger partial charge < -0.3 is 24.6 Å². The highest BCUT2D eigenvalue weighted by molar-refractivity contribution is 5.97. The summed E-state index contributed by atoms with van der Waals surface area (Å²) in [4.78, 5) is 24.4. The van der Waals surface area contributed by atoms with Gasteiger partial charge in [0.1, 0.15) is 11.5 Å². The van der Waals surface area contributed by atoms with Gasteiger partial charge >= 0.3 is 5.97 Å². The summed E-state index contributed by atoms with van der Waals surface area (Å²) in [5.74, 6) is -0.298. The lowest BCUT2D eigenvalue weighted by atomic mass is 10.0. The van der Waals surface area contributed by atoms with Crippen molar-refractivity contribution in [2.75, 3.05) is 26.9 Å². The molecule has 0 saturated carbocycles. The van der Waals surface area contributed by atoms with Crippen molar-refractivity contribution in [1.82, 2.24) is 5.32 Å². The minimum Gasteiger partial charge on any atom is -0.493 e.